The van der Waals surface area contributed by atoms with E-state index in [-0.39, 0.29) is 25.2 Å². The van der Waals surface area contributed by atoms with Gasteiger partial charge in [0, 0.05) is 12.0 Å². The van der Waals surface area contributed by atoms with Crippen LogP contribution in [0.4, 0.5) is 0 Å². The summed E-state index contributed by atoms with van der Waals surface area (Å²) in [5, 5.41) is 8.13. The van der Waals surface area contributed by atoms with Gasteiger partial charge in [0.25, 0.3) is 0 Å². The molecule has 0 unspecified atom stereocenters. The van der Waals surface area contributed by atoms with Crippen molar-refractivity contribution in [1.29, 1.82) is 0 Å². The van der Waals surface area contributed by atoms with Crippen LogP contribution in [-0.4, -0.2) is 36.2 Å². The van der Waals surface area contributed by atoms with Gasteiger partial charge in [-0.2, -0.15) is 0 Å². The maximum absolute atomic E-state index is 10.8. The smallest absolute Gasteiger partial charge is 0.417 e. The van der Waals surface area contributed by atoms with E-state index in [1.165, 1.54) is 6.92 Å². The Labute approximate surface area is 86.5 Å². The normalized spacial score (nSPS) is 9.13. The molecule has 15 heavy (non-hydrogen) atoms. The third-order valence-corrected chi connectivity index (χ3v) is 1.28. The lowest BCUT2D eigenvalue weighted by Crippen LogP contribution is -2.17. The highest BCUT2D eigenvalue weighted by Gasteiger charge is 2.12. The molecule has 0 aromatic heterocycles. The Morgan fingerprint density at radius 3 is 2.00 bits per heavy atom. The van der Waals surface area contributed by atoms with Crippen molar-refractivity contribution in [2.45, 2.75) is 13.3 Å². The second-order valence-electron chi connectivity index (χ2n) is 2.71. The molecule has 0 fully saturated rings. The molecule has 0 saturated carbocycles. The van der Waals surface area contributed by atoms with Crippen LogP contribution in [-0.2, 0) is 23.9 Å². The first-order chi connectivity index (χ1) is 6.95. The summed E-state index contributed by atoms with van der Waals surface area (Å²) in [6.45, 7) is 4.83. The van der Waals surface area contributed by atoms with Gasteiger partial charge < -0.3 is 14.6 Å². The zero-order valence-corrected chi connectivity index (χ0v) is 8.32. The van der Waals surface area contributed by atoms with Crippen LogP contribution in [0.2, 0.25) is 0 Å². The van der Waals surface area contributed by atoms with E-state index in [1.807, 2.05) is 0 Å². The summed E-state index contributed by atoms with van der Waals surface area (Å²) in [6, 6.07) is 0. The number of ether oxygens (including phenoxy) is 2. The third kappa shape index (κ3) is 6.25. The molecule has 0 aromatic carbocycles. The molecule has 84 valence electrons. The van der Waals surface area contributed by atoms with Crippen LogP contribution in [0.15, 0.2) is 12.2 Å². The summed E-state index contributed by atoms with van der Waals surface area (Å²) in [5.74, 6) is -3.49. The largest absolute Gasteiger partial charge is 0.473 e. The number of aliphatic carboxylic acids is 1. The van der Waals surface area contributed by atoms with Crippen LogP contribution in [0.5, 0.6) is 0 Å². The molecule has 1 N–H and O–H groups in total. The van der Waals surface area contributed by atoms with Gasteiger partial charge in [0.05, 0.1) is 13.2 Å². The fraction of sp³-hybridized carbons (Fsp3) is 0.444. The lowest BCUT2D eigenvalue weighted by Gasteiger charge is -2.04. The van der Waals surface area contributed by atoms with Crippen molar-refractivity contribution in [1.82, 2.24) is 0 Å². The number of carbonyl (C=O) groups excluding carboxylic acids is 2. The minimum Gasteiger partial charge on any atom is -0.473 e. The predicted octanol–water partition coefficient (Wildman–Crippen LogP) is 0.124. The minimum absolute atomic E-state index is 0.0542. The highest BCUT2D eigenvalue weighted by atomic mass is 16.6. The van der Waals surface area contributed by atoms with Gasteiger partial charge in [0.1, 0.15) is 0 Å². The number of carbonyl (C=O) groups is 3. The summed E-state index contributed by atoms with van der Waals surface area (Å²) >= 11 is 0. The summed E-state index contributed by atoms with van der Waals surface area (Å²) in [6.07, 6.45) is 0.248. The first kappa shape index (κ1) is 13.2. The van der Waals surface area contributed by atoms with E-state index in [1.54, 1.807) is 0 Å². The van der Waals surface area contributed by atoms with Crippen LogP contribution in [0.25, 0.3) is 0 Å². The average Bonchev–Trinajstić information content (AvgIpc) is 2.16. The van der Waals surface area contributed by atoms with Gasteiger partial charge in [-0.05, 0) is 6.92 Å². The van der Waals surface area contributed by atoms with Crippen LogP contribution in [0.1, 0.15) is 13.3 Å². The average molecular weight is 216 g/mol. The Hall–Kier alpha value is -1.85. The van der Waals surface area contributed by atoms with Gasteiger partial charge in [-0.1, -0.05) is 6.58 Å². The molecule has 0 aliphatic carbocycles. The van der Waals surface area contributed by atoms with E-state index in [9.17, 15) is 14.4 Å². The third-order valence-electron chi connectivity index (χ3n) is 1.28. The van der Waals surface area contributed by atoms with Crippen molar-refractivity contribution in [2.75, 3.05) is 13.2 Å². The first-order valence-corrected chi connectivity index (χ1v) is 4.18. The van der Waals surface area contributed by atoms with E-state index in [2.05, 4.69) is 16.1 Å². The van der Waals surface area contributed by atoms with E-state index in [0.29, 0.717) is 0 Å². The van der Waals surface area contributed by atoms with E-state index in [0.717, 1.165) is 0 Å². The van der Waals surface area contributed by atoms with Crippen molar-refractivity contribution in [3.63, 3.8) is 0 Å². The van der Waals surface area contributed by atoms with Crippen LogP contribution >= 0.6 is 0 Å². The molecule has 0 radical (unpaired) electrons. The van der Waals surface area contributed by atoms with Crippen LogP contribution < -0.4 is 0 Å². The van der Waals surface area contributed by atoms with E-state index < -0.39 is 17.9 Å². The SMILES string of the molecule is C=C(C)C(=O)OCCCOC(=O)C(=O)O. The topological polar surface area (TPSA) is 89.9 Å². The first-order valence-electron chi connectivity index (χ1n) is 4.18. The van der Waals surface area contributed by atoms with Gasteiger partial charge in [-0.25, -0.2) is 14.4 Å². The quantitative estimate of drug-likeness (QED) is 0.304. The zero-order valence-electron chi connectivity index (χ0n) is 8.32. The second kappa shape index (κ2) is 6.58. The standard InChI is InChI=1S/C9H12O6/c1-6(2)8(12)14-4-3-5-15-9(13)7(10)11/h1,3-5H2,2H3,(H,10,11). The maximum atomic E-state index is 10.8. The second-order valence-corrected chi connectivity index (χ2v) is 2.71. The molecule has 0 aliphatic heterocycles. The Bertz CT molecular complexity index is 252. The molecule has 0 spiro atoms. The minimum atomic E-state index is -1.64. The number of rotatable bonds is 5. The zero-order chi connectivity index (χ0) is 11.8. The van der Waals surface area contributed by atoms with Crippen molar-refractivity contribution < 1.29 is 29.0 Å². The Balaban J connectivity index is 3.48. The molecule has 0 aromatic rings. The summed E-state index contributed by atoms with van der Waals surface area (Å²) in [7, 11) is 0. The molecule has 0 atom stereocenters. The summed E-state index contributed by atoms with van der Waals surface area (Å²) < 4.78 is 8.96. The molecule has 0 heterocycles. The molecule has 0 saturated heterocycles. The monoisotopic (exact) mass is 216 g/mol. The molecule has 0 amide bonds. The van der Waals surface area contributed by atoms with Gasteiger partial charge in [-0.3, -0.25) is 0 Å². The van der Waals surface area contributed by atoms with Crippen molar-refractivity contribution in [3.05, 3.63) is 12.2 Å². The highest BCUT2D eigenvalue weighted by Crippen LogP contribution is 1.93. The summed E-state index contributed by atoms with van der Waals surface area (Å²) in [4.78, 5) is 31.2. The van der Waals surface area contributed by atoms with E-state index in [4.69, 9.17) is 5.11 Å². The number of carboxylic acid groups (broad SMARTS) is 1. The van der Waals surface area contributed by atoms with Crippen LogP contribution in [0.3, 0.4) is 0 Å². The fourth-order valence-corrected chi connectivity index (χ4v) is 0.574. The van der Waals surface area contributed by atoms with Gasteiger partial charge in [-0.15, -0.1) is 0 Å². The van der Waals surface area contributed by atoms with Crippen LogP contribution in [0, 0.1) is 0 Å². The Morgan fingerprint density at radius 2 is 1.60 bits per heavy atom. The lowest BCUT2D eigenvalue weighted by atomic mass is 10.4. The van der Waals surface area contributed by atoms with Gasteiger partial charge in [0.2, 0.25) is 0 Å². The predicted molar refractivity (Wildman–Crippen MR) is 49.0 cm³/mol. The number of carboxylic acids is 1. The van der Waals surface area contributed by atoms with Gasteiger partial charge in [0.15, 0.2) is 0 Å². The van der Waals surface area contributed by atoms with Crippen molar-refractivity contribution >= 4 is 17.9 Å². The lowest BCUT2D eigenvalue weighted by molar-refractivity contribution is -0.164. The van der Waals surface area contributed by atoms with Crippen molar-refractivity contribution in [2.24, 2.45) is 0 Å². The molecule has 0 bridgehead atoms. The highest BCUT2D eigenvalue weighted by molar-refractivity contribution is 6.28. The number of esters is 2. The molecule has 6 heteroatoms. The molecular weight excluding hydrogens is 204 g/mol. The van der Waals surface area contributed by atoms with Crippen molar-refractivity contribution in [3.8, 4) is 0 Å². The van der Waals surface area contributed by atoms with E-state index >= 15 is 0 Å². The number of hydrogen-bond acceptors (Lipinski definition) is 5. The maximum Gasteiger partial charge on any atom is 0.417 e. The summed E-state index contributed by atoms with van der Waals surface area (Å²) in [5.41, 5.74) is 0.275. The number of hydrogen-bond donors (Lipinski definition) is 1. The van der Waals surface area contributed by atoms with Gasteiger partial charge >= 0.3 is 17.9 Å². The molecule has 0 rings (SSSR count). The fourth-order valence-electron chi connectivity index (χ4n) is 0.574. The molecule has 0 aliphatic rings. The Kier molecular flexibility index (Phi) is 5.77. The Morgan fingerprint density at radius 1 is 1.13 bits per heavy atom. The molecule has 6 nitrogen and oxygen atoms in total. The molecular formula is C9H12O6.